The van der Waals surface area contributed by atoms with E-state index in [0.29, 0.717) is 31.0 Å². The van der Waals surface area contributed by atoms with Gasteiger partial charge < -0.3 is 15.6 Å². The Morgan fingerprint density at radius 1 is 1.24 bits per heavy atom. The van der Waals surface area contributed by atoms with E-state index in [9.17, 15) is 14.4 Å². The number of anilines is 1. The number of fused-ring (bicyclic) bond motifs is 1. The fourth-order valence-electron chi connectivity index (χ4n) is 2.44. The Hall–Kier alpha value is -2.58. The van der Waals surface area contributed by atoms with Gasteiger partial charge >= 0.3 is 5.69 Å². The summed E-state index contributed by atoms with van der Waals surface area (Å²) >= 11 is 0. The summed E-state index contributed by atoms with van der Waals surface area (Å²) in [5.41, 5.74) is -0.242. The number of amides is 1. The quantitative estimate of drug-likeness (QED) is 0.633. The molecule has 1 aliphatic rings. The van der Waals surface area contributed by atoms with E-state index in [0.717, 1.165) is 4.57 Å². The van der Waals surface area contributed by atoms with Gasteiger partial charge in [-0.3, -0.25) is 18.7 Å². The van der Waals surface area contributed by atoms with Crippen LogP contribution in [-0.4, -0.2) is 37.6 Å². The van der Waals surface area contributed by atoms with Crippen LogP contribution < -0.4 is 21.9 Å². The Bertz CT molecular complexity index is 820. The standard InChI is InChI=1S/C12H16N6O3/c1-17-9-8(10(20)18(2)12(17)21)15-11(16-9)14-6-3-4-7(19)13-5-6/h6H,3-5H2,1-2H3,(H,13,19)(H2,14,15,16). The highest BCUT2D eigenvalue weighted by molar-refractivity contribution is 5.77. The maximum absolute atomic E-state index is 12.0. The number of aromatic amines is 1. The van der Waals surface area contributed by atoms with Gasteiger partial charge in [0.05, 0.1) is 0 Å². The second kappa shape index (κ2) is 4.76. The highest BCUT2D eigenvalue weighted by atomic mass is 16.2. The van der Waals surface area contributed by atoms with Gasteiger partial charge in [-0.1, -0.05) is 0 Å². The molecule has 9 nitrogen and oxygen atoms in total. The van der Waals surface area contributed by atoms with Crippen LogP contribution >= 0.6 is 0 Å². The molecule has 1 aliphatic heterocycles. The fraction of sp³-hybridized carbons (Fsp3) is 0.500. The van der Waals surface area contributed by atoms with Gasteiger partial charge in [-0.15, -0.1) is 0 Å². The summed E-state index contributed by atoms with van der Waals surface area (Å²) in [6, 6.07) is 0.0455. The molecule has 0 radical (unpaired) electrons. The number of hydrogen-bond acceptors (Lipinski definition) is 5. The highest BCUT2D eigenvalue weighted by Crippen LogP contribution is 2.12. The van der Waals surface area contributed by atoms with Crippen LogP contribution in [0.2, 0.25) is 0 Å². The molecule has 1 fully saturated rings. The van der Waals surface area contributed by atoms with E-state index in [1.165, 1.54) is 11.6 Å². The smallest absolute Gasteiger partial charge is 0.332 e. The summed E-state index contributed by atoms with van der Waals surface area (Å²) in [7, 11) is 2.99. The molecular weight excluding hydrogens is 276 g/mol. The fourth-order valence-corrected chi connectivity index (χ4v) is 2.44. The summed E-state index contributed by atoms with van der Waals surface area (Å²) in [5, 5.41) is 5.90. The van der Waals surface area contributed by atoms with Gasteiger partial charge in [-0.2, -0.15) is 4.98 Å². The Kier molecular flexibility index (Phi) is 3.04. The number of nitrogens with one attached hydrogen (secondary N) is 3. The van der Waals surface area contributed by atoms with Gasteiger partial charge in [0.15, 0.2) is 11.2 Å². The summed E-state index contributed by atoms with van der Waals surface area (Å²) < 4.78 is 2.35. The third kappa shape index (κ3) is 2.20. The SMILES string of the molecule is Cn1c(=O)c2[nH]c(NC3CCC(=O)NC3)nc2n(C)c1=O. The molecule has 0 aliphatic carbocycles. The molecule has 1 saturated heterocycles. The van der Waals surface area contributed by atoms with E-state index in [1.54, 1.807) is 7.05 Å². The van der Waals surface area contributed by atoms with Gasteiger partial charge in [0, 0.05) is 33.1 Å². The Morgan fingerprint density at radius 3 is 2.67 bits per heavy atom. The van der Waals surface area contributed by atoms with E-state index in [2.05, 4.69) is 20.6 Å². The van der Waals surface area contributed by atoms with Gasteiger partial charge in [0.25, 0.3) is 5.56 Å². The molecule has 3 heterocycles. The van der Waals surface area contributed by atoms with Crippen molar-refractivity contribution in [1.82, 2.24) is 24.4 Å². The van der Waals surface area contributed by atoms with E-state index in [1.807, 2.05) is 0 Å². The van der Waals surface area contributed by atoms with Crippen molar-refractivity contribution in [3.8, 4) is 0 Å². The van der Waals surface area contributed by atoms with Crippen LogP contribution in [0.25, 0.3) is 11.2 Å². The third-order valence-electron chi connectivity index (χ3n) is 3.70. The number of nitrogens with zero attached hydrogens (tertiary/aromatic N) is 3. The highest BCUT2D eigenvalue weighted by Gasteiger charge is 2.20. The number of piperidine rings is 1. The van der Waals surface area contributed by atoms with E-state index >= 15 is 0 Å². The summed E-state index contributed by atoms with van der Waals surface area (Å²) in [6.07, 6.45) is 1.15. The van der Waals surface area contributed by atoms with Crippen molar-refractivity contribution in [2.45, 2.75) is 18.9 Å². The van der Waals surface area contributed by atoms with Crippen molar-refractivity contribution in [2.24, 2.45) is 14.1 Å². The lowest BCUT2D eigenvalue weighted by molar-refractivity contribution is -0.122. The summed E-state index contributed by atoms with van der Waals surface area (Å²) in [6.45, 7) is 0.507. The van der Waals surface area contributed by atoms with Gasteiger partial charge in [-0.25, -0.2) is 4.79 Å². The second-order valence-corrected chi connectivity index (χ2v) is 5.17. The third-order valence-corrected chi connectivity index (χ3v) is 3.70. The zero-order chi connectivity index (χ0) is 15.1. The van der Waals surface area contributed by atoms with Crippen LogP contribution in [0.5, 0.6) is 0 Å². The first-order valence-corrected chi connectivity index (χ1v) is 6.66. The van der Waals surface area contributed by atoms with Crippen molar-refractivity contribution < 1.29 is 4.79 Å². The van der Waals surface area contributed by atoms with E-state index in [4.69, 9.17) is 0 Å². The van der Waals surface area contributed by atoms with Gasteiger partial charge in [0.2, 0.25) is 11.9 Å². The van der Waals surface area contributed by atoms with Gasteiger partial charge in [-0.05, 0) is 6.42 Å². The maximum atomic E-state index is 12.0. The van der Waals surface area contributed by atoms with Crippen LogP contribution in [0.4, 0.5) is 5.95 Å². The number of imidazole rings is 1. The molecular formula is C12H16N6O3. The molecule has 3 rings (SSSR count). The van der Waals surface area contributed by atoms with Crippen molar-refractivity contribution in [1.29, 1.82) is 0 Å². The van der Waals surface area contributed by atoms with Crippen molar-refractivity contribution in [2.75, 3.05) is 11.9 Å². The lowest BCUT2D eigenvalue weighted by atomic mass is 10.1. The Balaban J connectivity index is 1.97. The number of aromatic nitrogens is 4. The zero-order valence-electron chi connectivity index (χ0n) is 11.8. The molecule has 3 N–H and O–H groups in total. The first kappa shape index (κ1) is 13.4. The number of hydrogen-bond donors (Lipinski definition) is 3. The molecule has 2 aromatic rings. The molecule has 0 spiro atoms. The zero-order valence-corrected chi connectivity index (χ0v) is 11.8. The molecule has 1 unspecified atom stereocenters. The minimum Gasteiger partial charge on any atom is -0.354 e. The van der Waals surface area contributed by atoms with Crippen LogP contribution in [-0.2, 0) is 18.9 Å². The van der Waals surface area contributed by atoms with E-state index < -0.39 is 11.2 Å². The molecule has 1 atom stereocenters. The van der Waals surface area contributed by atoms with Crippen molar-refractivity contribution in [3.05, 3.63) is 20.8 Å². The predicted octanol–water partition coefficient (Wildman–Crippen LogP) is -1.35. The first-order valence-electron chi connectivity index (χ1n) is 6.66. The van der Waals surface area contributed by atoms with Crippen LogP contribution in [0.3, 0.4) is 0 Å². The molecule has 9 heteroatoms. The van der Waals surface area contributed by atoms with Gasteiger partial charge in [0.1, 0.15) is 0 Å². The lowest BCUT2D eigenvalue weighted by Crippen LogP contribution is -2.42. The molecule has 0 saturated carbocycles. The molecule has 112 valence electrons. The second-order valence-electron chi connectivity index (χ2n) is 5.17. The first-order chi connectivity index (χ1) is 9.97. The number of carbonyl (C=O) groups excluding carboxylic acids is 1. The summed E-state index contributed by atoms with van der Waals surface area (Å²) in [4.78, 5) is 42.2. The molecule has 2 aromatic heterocycles. The van der Waals surface area contributed by atoms with Crippen LogP contribution in [0.15, 0.2) is 9.59 Å². The number of carbonyl (C=O) groups is 1. The molecule has 1 amide bonds. The minimum absolute atomic E-state index is 0.0360. The predicted molar refractivity (Wildman–Crippen MR) is 76.2 cm³/mol. The monoisotopic (exact) mass is 292 g/mol. The van der Waals surface area contributed by atoms with Crippen molar-refractivity contribution >= 4 is 23.0 Å². The summed E-state index contributed by atoms with van der Waals surface area (Å²) in [5.74, 6) is 0.457. The van der Waals surface area contributed by atoms with Crippen molar-refractivity contribution in [3.63, 3.8) is 0 Å². The largest absolute Gasteiger partial charge is 0.354 e. The van der Waals surface area contributed by atoms with E-state index in [-0.39, 0.29) is 17.5 Å². The van der Waals surface area contributed by atoms with Crippen LogP contribution in [0.1, 0.15) is 12.8 Å². The Morgan fingerprint density at radius 2 is 2.00 bits per heavy atom. The number of aryl methyl sites for hydroxylation is 1. The minimum atomic E-state index is -0.421. The average Bonchev–Trinajstić information content (AvgIpc) is 2.89. The molecule has 0 aromatic carbocycles. The maximum Gasteiger partial charge on any atom is 0.332 e. The molecule has 0 bridgehead atoms. The average molecular weight is 292 g/mol. The number of rotatable bonds is 2. The van der Waals surface area contributed by atoms with Crippen LogP contribution in [0, 0.1) is 0 Å². The Labute approximate surface area is 119 Å². The topological polar surface area (TPSA) is 114 Å². The lowest BCUT2D eigenvalue weighted by Gasteiger charge is -2.22. The number of H-pyrrole nitrogens is 1. The normalized spacial score (nSPS) is 18.8. The molecule has 21 heavy (non-hydrogen) atoms.